The molecule has 4 aromatic rings. The molecule has 0 fully saturated rings. The van der Waals surface area contributed by atoms with Crippen LogP contribution in [-0.2, 0) is 22.5 Å². The largest absolute Gasteiger partial charge is 0.463 e. The molecule has 174 valence electrons. The summed E-state index contributed by atoms with van der Waals surface area (Å²) in [5.41, 5.74) is 6.52. The zero-order chi connectivity index (χ0) is 24.2. The zero-order valence-corrected chi connectivity index (χ0v) is 19.9. The highest BCUT2D eigenvalue weighted by Crippen LogP contribution is 2.27. The van der Waals surface area contributed by atoms with Crippen LogP contribution in [0.25, 0.3) is 16.7 Å². The maximum atomic E-state index is 14.6. The fourth-order valence-corrected chi connectivity index (χ4v) is 4.15. The van der Waals surface area contributed by atoms with Gasteiger partial charge in [0.1, 0.15) is 17.2 Å². The van der Waals surface area contributed by atoms with Crippen molar-refractivity contribution in [2.24, 2.45) is 0 Å². The average Bonchev–Trinajstić information content (AvgIpc) is 3.16. The molecule has 2 aromatic carbocycles. The van der Waals surface area contributed by atoms with Gasteiger partial charge in [0.15, 0.2) is 5.65 Å². The van der Waals surface area contributed by atoms with Gasteiger partial charge in [0.25, 0.3) is 0 Å². The molecule has 34 heavy (non-hydrogen) atoms. The first-order valence-electron chi connectivity index (χ1n) is 11.5. The highest BCUT2D eigenvalue weighted by atomic mass is 19.1. The van der Waals surface area contributed by atoms with Gasteiger partial charge < -0.3 is 9.30 Å². The van der Waals surface area contributed by atoms with Gasteiger partial charge in [0.05, 0.1) is 13.2 Å². The minimum Gasteiger partial charge on any atom is -0.463 e. The van der Waals surface area contributed by atoms with Crippen LogP contribution in [0.15, 0.2) is 60.7 Å². The number of esters is 1. The van der Waals surface area contributed by atoms with Crippen LogP contribution in [-0.4, -0.2) is 27.1 Å². The van der Waals surface area contributed by atoms with Crippen molar-refractivity contribution in [3.63, 3.8) is 0 Å². The number of carbonyl (C=O) groups excluding carboxylic acids is 1. The number of aromatic nitrogens is 3. The van der Waals surface area contributed by atoms with Crippen LogP contribution in [0.3, 0.4) is 0 Å². The van der Waals surface area contributed by atoms with Crippen molar-refractivity contribution in [2.45, 2.75) is 40.7 Å². The summed E-state index contributed by atoms with van der Waals surface area (Å²) in [4.78, 5) is 21.8. The summed E-state index contributed by atoms with van der Waals surface area (Å²) in [6.07, 6.45) is 2.15. The Kier molecular flexibility index (Phi) is 6.87. The fourth-order valence-electron chi connectivity index (χ4n) is 4.15. The van der Waals surface area contributed by atoms with E-state index >= 15 is 0 Å². The van der Waals surface area contributed by atoms with E-state index in [1.165, 1.54) is 12.1 Å². The number of hydrogen-bond acceptors (Lipinski definition) is 4. The van der Waals surface area contributed by atoms with E-state index in [9.17, 15) is 9.18 Å². The Hall–Kier alpha value is -3.80. The Bertz CT molecular complexity index is 1370. The lowest BCUT2D eigenvalue weighted by molar-refractivity contribution is -0.137. The summed E-state index contributed by atoms with van der Waals surface area (Å²) >= 11 is 0. The fraction of sp³-hybridized carbons (Fsp3) is 0.250. The standard InChI is InChI=1S/C28H28FN3O2/c1-5-25-31-27-18(3)15-19(4)30-28(27)32(25)17-20-11-13-21(14-12-20)23(16-26(33)34-6-2)22-9-7-8-10-24(22)29/h7-16H,5-6,17H2,1-4H3/b23-16+. The summed E-state index contributed by atoms with van der Waals surface area (Å²) in [5.74, 6) is 0.0880. The molecule has 4 rings (SSSR count). The molecule has 0 aliphatic rings. The number of rotatable bonds is 7. The molecule has 0 N–H and O–H groups in total. The number of nitrogens with zero attached hydrogens (tertiary/aromatic N) is 3. The van der Waals surface area contributed by atoms with Crippen molar-refractivity contribution < 1.29 is 13.9 Å². The van der Waals surface area contributed by atoms with Crippen LogP contribution in [0.5, 0.6) is 0 Å². The summed E-state index contributed by atoms with van der Waals surface area (Å²) in [6, 6.07) is 16.3. The summed E-state index contributed by atoms with van der Waals surface area (Å²) in [5, 5.41) is 0. The Labute approximate surface area is 198 Å². The first-order valence-corrected chi connectivity index (χ1v) is 11.5. The van der Waals surface area contributed by atoms with Gasteiger partial charge in [-0.05, 0) is 55.2 Å². The first kappa shape index (κ1) is 23.4. The number of aryl methyl sites for hydroxylation is 3. The van der Waals surface area contributed by atoms with Crippen LogP contribution < -0.4 is 0 Å². The third-order valence-electron chi connectivity index (χ3n) is 5.74. The molecule has 0 radical (unpaired) electrons. The Morgan fingerprint density at radius 2 is 1.79 bits per heavy atom. The van der Waals surface area contributed by atoms with E-state index in [1.807, 2.05) is 37.3 Å². The van der Waals surface area contributed by atoms with E-state index in [2.05, 4.69) is 18.4 Å². The Morgan fingerprint density at radius 1 is 1.06 bits per heavy atom. The van der Waals surface area contributed by atoms with Gasteiger partial charge in [-0.3, -0.25) is 0 Å². The molecular weight excluding hydrogens is 429 g/mol. The lowest BCUT2D eigenvalue weighted by Gasteiger charge is -2.12. The van der Waals surface area contributed by atoms with Crippen molar-refractivity contribution in [1.29, 1.82) is 0 Å². The lowest BCUT2D eigenvalue weighted by atomic mass is 9.96. The number of pyridine rings is 1. The van der Waals surface area contributed by atoms with Crippen LogP contribution in [0, 0.1) is 19.7 Å². The minimum absolute atomic E-state index is 0.254. The van der Waals surface area contributed by atoms with Crippen molar-refractivity contribution in [2.75, 3.05) is 6.61 Å². The number of imidazole rings is 1. The van der Waals surface area contributed by atoms with Gasteiger partial charge in [-0.2, -0.15) is 0 Å². The second-order valence-electron chi connectivity index (χ2n) is 8.21. The highest BCUT2D eigenvalue weighted by Gasteiger charge is 2.15. The van der Waals surface area contributed by atoms with Gasteiger partial charge in [-0.1, -0.05) is 49.4 Å². The molecule has 0 aliphatic heterocycles. The Balaban J connectivity index is 1.71. The number of benzene rings is 2. The smallest absolute Gasteiger partial charge is 0.331 e. The zero-order valence-electron chi connectivity index (χ0n) is 19.9. The van der Waals surface area contributed by atoms with Gasteiger partial charge >= 0.3 is 5.97 Å². The number of hydrogen-bond donors (Lipinski definition) is 0. The molecule has 0 amide bonds. The molecule has 0 saturated heterocycles. The number of fused-ring (bicyclic) bond motifs is 1. The second kappa shape index (κ2) is 10.00. The minimum atomic E-state index is -0.501. The topological polar surface area (TPSA) is 57.0 Å². The van der Waals surface area contributed by atoms with Crippen molar-refractivity contribution in [3.05, 3.63) is 100 Å². The maximum Gasteiger partial charge on any atom is 0.331 e. The first-order chi connectivity index (χ1) is 16.4. The monoisotopic (exact) mass is 457 g/mol. The number of carbonyl (C=O) groups is 1. The van der Waals surface area contributed by atoms with Crippen molar-refractivity contribution in [1.82, 2.24) is 14.5 Å². The molecule has 0 spiro atoms. The van der Waals surface area contributed by atoms with Crippen LogP contribution in [0.1, 0.15) is 47.6 Å². The molecular formula is C28H28FN3O2. The molecule has 0 bridgehead atoms. The summed E-state index contributed by atoms with van der Waals surface area (Å²) < 4.78 is 21.8. The quantitative estimate of drug-likeness (QED) is 0.260. The van der Waals surface area contributed by atoms with E-state index in [0.29, 0.717) is 17.7 Å². The van der Waals surface area contributed by atoms with E-state index in [0.717, 1.165) is 45.8 Å². The van der Waals surface area contributed by atoms with Crippen LogP contribution in [0.4, 0.5) is 4.39 Å². The Morgan fingerprint density at radius 3 is 2.47 bits per heavy atom. The van der Waals surface area contributed by atoms with Crippen molar-refractivity contribution in [3.8, 4) is 0 Å². The predicted octanol–water partition coefficient (Wildman–Crippen LogP) is 5.79. The number of halogens is 1. The van der Waals surface area contributed by atoms with Gasteiger partial charge in [0.2, 0.25) is 0 Å². The average molecular weight is 458 g/mol. The normalized spacial score (nSPS) is 11.7. The van der Waals surface area contributed by atoms with E-state index < -0.39 is 11.8 Å². The molecule has 0 atom stereocenters. The molecule has 2 aromatic heterocycles. The van der Waals surface area contributed by atoms with E-state index in [-0.39, 0.29) is 6.61 Å². The molecule has 0 saturated carbocycles. The highest BCUT2D eigenvalue weighted by molar-refractivity contribution is 5.96. The SMILES string of the molecule is CCOC(=O)/C=C(\c1ccc(Cn2c(CC)nc3c(C)cc(C)nc32)cc1)c1ccccc1F. The predicted molar refractivity (Wildman–Crippen MR) is 132 cm³/mol. The maximum absolute atomic E-state index is 14.6. The molecule has 6 heteroatoms. The van der Waals surface area contributed by atoms with Gasteiger partial charge in [-0.25, -0.2) is 19.2 Å². The third-order valence-corrected chi connectivity index (χ3v) is 5.74. The third kappa shape index (κ3) is 4.76. The molecule has 2 heterocycles. The van der Waals surface area contributed by atoms with Gasteiger partial charge in [0, 0.05) is 23.8 Å². The lowest BCUT2D eigenvalue weighted by Crippen LogP contribution is -2.06. The van der Waals surface area contributed by atoms with Gasteiger partial charge in [-0.15, -0.1) is 0 Å². The summed E-state index contributed by atoms with van der Waals surface area (Å²) in [6.45, 7) is 8.75. The van der Waals surface area contributed by atoms with Crippen LogP contribution >= 0.6 is 0 Å². The summed E-state index contributed by atoms with van der Waals surface area (Å²) in [7, 11) is 0. The molecule has 5 nitrogen and oxygen atoms in total. The van der Waals surface area contributed by atoms with E-state index in [4.69, 9.17) is 14.7 Å². The number of ether oxygens (including phenoxy) is 1. The van der Waals surface area contributed by atoms with Crippen molar-refractivity contribution >= 4 is 22.7 Å². The second-order valence-corrected chi connectivity index (χ2v) is 8.21. The molecule has 0 unspecified atom stereocenters. The molecule has 0 aliphatic carbocycles. The van der Waals surface area contributed by atoms with E-state index in [1.54, 1.807) is 25.1 Å². The van der Waals surface area contributed by atoms with Crippen LogP contribution in [0.2, 0.25) is 0 Å².